The highest BCUT2D eigenvalue weighted by molar-refractivity contribution is 6.30. The van der Waals surface area contributed by atoms with Crippen molar-refractivity contribution in [2.45, 2.75) is 13.0 Å². The summed E-state index contributed by atoms with van der Waals surface area (Å²) >= 11 is 5.98. The predicted molar refractivity (Wildman–Crippen MR) is 108 cm³/mol. The first-order valence-electron chi connectivity index (χ1n) is 8.53. The van der Waals surface area contributed by atoms with Gasteiger partial charge in [-0.25, -0.2) is 9.48 Å². The molecule has 0 unspecified atom stereocenters. The summed E-state index contributed by atoms with van der Waals surface area (Å²) in [5.41, 5.74) is 8.21. The van der Waals surface area contributed by atoms with Crippen LogP contribution in [0.5, 0.6) is 0 Å². The van der Waals surface area contributed by atoms with Crippen LogP contribution in [0.25, 0.3) is 23.0 Å². The number of hydrogen-bond donors (Lipinski definition) is 1. The molecular formula is C21H18ClN3O3. The Bertz CT molecular complexity index is 1010. The van der Waals surface area contributed by atoms with Crippen LogP contribution in [-0.4, -0.2) is 27.8 Å². The Hall–Kier alpha value is -3.38. The number of rotatable bonds is 6. The van der Waals surface area contributed by atoms with Crippen molar-refractivity contribution in [3.8, 4) is 16.9 Å². The second-order valence-corrected chi connectivity index (χ2v) is 6.47. The molecule has 6 nitrogen and oxygen atoms in total. The Morgan fingerprint density at radius 3 is 2.46 bits per heavy atom. The number of benzene rings is 2. The van der Waals surface area contributed by atoms with Crippen molar-refractivity contribution in [2.75, 3.05) is 0 Å². The molecule has 0 bridgehead atoms. The molecule has 3 rings (SSSR count). The van der Waals surface area contributed by atoms with Crippen LogP contribution in [0.2, 0.25) is 5.02 Å². The number of esters is 1. The average molecular weight is 396 g/mol. The maximum absolute atomic E-state index is 11.9. The largest absolute Gasteiger partial charge is 0.449 e. The standard InChI is InChI=1S/C21H18ClN3O3/c1-14(21(23)27)28-19(26)12-9-16-13-25(18-5-3-2-4-6-18)24-20(16)15-7-10-17(22)11-8-15/h2-14H,1H3,(H2,23,27)/b12-9+/t14-/m0/s1. The molecule has 1 aromatic heterocycles. The van der Waals surface area contributed by atoms with Crippen molar-refractivity contribution in [2.24, 2.45) is 5.73 Å². The molecule has 0 saturated carbocycles. The van der Waals surface area contributed by atoms with Crippen molar-refractivity contribution >= 4 is 29.6 Å². The summed E-state index contributed by atoms with van der Waals surface area (Å²) in [6.07, 6.45) is 3.64. The van der Waals surface area contributed by atoms with E-state index in [1.165, 1.54) is 13.0 Å². The number of hydrogen-bond acceptors (Lipinski definition) is 4. The summed E-state index contributed by atoms with van der Waals surface area (Å²) in [6, 6.07) is 16.8. The summed E-state index contributed by atoms with van der Waals surface area (Å²) < 4.78 is 6.66. The van der Waals surface area contributed by atoms with Crippen LogP contribution in [0.15, 0.2) is 66.9 Å². The molecule has 3 aromatic rings. The number of amides is 1. The highest BCUT2D eigenvalue weighted by Gasteiger charge is 2.14. The summed E-state index contributed by atoms with van der Waals surface area (Å²) in [5, 5.41) is 5.26. The van der Waals surface area contributed by atoms with Gasteiger partial charge in [0.05, 0.1) is 11.4 Å². The lowest BCUT2D eigenvalue weighted by Gasteiger charge is -2.06. The molecule has 0 aliphatic rings. The zero-order valence-corrected chi connectivity index (χ0v) is 15.8. The lowest BCUT2D eigenvalue weighted by Crippen LogP contribution is -2.29. The van der Waals surface area contributed by atoms with Gasteiger partial charge in [-0.2, -0.15) is 5.10 Å². The molecule has 0 fully saturated rings. The van der Waals surface area contributed by atoms with Crippen LogP contribution in [0.3, 0.4) is 0 Å². The number of carbonyl (C=O) groups is 2. The van der Waals surface area contributed by atoms with Crippen molar-refractivity contribution < 1.29 is 14.3 Å². The Balaban J connectivity index is 1.95. The van der Waals surface area contributed by atoms with Gasteiger partial charge in [0.2, 0.25) is 0 Å². The monoisotopic (exact) mass is 395 g/mol. The first-order valence-corrected chi connectivity index (χ1v) is 8.91. The number of primary amides is 1. The number of aromatic nitrogens is 2. The topological polar surface area (TPSA) is 87.2 Å². The van der Waals surface area contributed by atoms with Gasteiger partial charge in [-0.1, -0.05) is 41.9 Å². The van der Waals surface area contributed by atoms with Gasteiger partial charge < -0.3 is 10.5 Å². The van der Waals surface area contributed by atoms with Crippen molar-refractivity contribution in [3.05, 3.63) is 77.5 Å². The van der Waals surface area contributed by atoms with Gasteiger partial charge in [0.1, 0.15) is 0 Å². The Morgan fingerprint density at radius 2 is 1.82 bits per heavy atom. The van der Waals surface area contributed by atoms with Crippen LogP contribution in [0.1, 0.15) is 12.5 Å². The molecule has 0 saturated heterocycles. The molecule has 1 atom stereocenters. The molecule has 1 heterocycles. The summed E-state index contributed by atoms with van der Waals surface area (Å²) in [5.74, 6) is -1.37. The molecule has 142 valence electrons. The molecule has 1 amide bonds. The molecule has 0 spiro atoms. The van der Waals surface area contributed by atoms with Crippen molar-refractivity contribution in [3.63, 3.8) is 0 Å². The Kier molecular flexibility index (Phi) is 5.91. The Morgan fingerprint density at radius 1 is 1.14 bits per heavy atom. The smallest absolute Gasteiger partial charge is 0.331 e. The molecular weight excluding hydrogens is 378 g/mol. The zero-order chi connectivity index (χ0) is 20.1. The quantitative estimate of drug-likeness (QED) is 0.510. The molecule has 7 heteroatoms. The second-order valence-electron chi connectivity index (χ2n) is 6.03. The fraction of sp³-hybridized carbons (Fsp3) is 0.0952. The van der Waals surface area contributed by atoms with Crippen molar-refractivity contribution in [1.29, 1.82) is 0 Å². The highest BCUT2D eigenvalue weighted by Crippen LogP contribution is 2.26. The molecule has 28 heavy (non-hydrogen) atoms. The molecule has 2 aromatic carbocycles. The minimum atomic E-state index is -1.00. The van der Waals surface area contributed by atoms with Crippen molar-refractivity contribution in [1.82, 2.24) is 9.78 Å². The van der Waals surface area contributed by atoms with Gasteiger partial charge in [0.25, 0.3) is 5.91 Å². The van der Waals surface area contributed by atoms with Gasteiger partial charge >= 0.3 is 5.97 Å². The van der Waals surface area contributed by atoms with Crippen LogP contribution in [0.4, 0.5) is 0 Å². The van der Waals surface area contributed by atoms with E-state index in [9.17, 15) is 9.59 Å². The van der Waals surface area contributed by atoms with E-state index >= 15 is 0 Å². The van der Waals surface area contributed by atoms with Gasteiger partial charge in [0, 0.05) is 28.4 Å². The average Bonchev–Trinajstić information content (AvgIpc) is 3.12. The number of nitrogens with zero attached hydrogens (tertiary/aromatic N) is 2. The highest BCUT2D eigenvalue weighted by atomic mass is 35.5. The fourth-order valence-electron chi connectivity index (χ4n) is 2.48. The SMILES string of the molecule is C[C@H](OC(=O)/C=C/c1cn(-c2ccccc2)nc1-c1ccc(Cl)cc1)C(N)=O. The number of para-hydroxylation sites is 1. The minimum absolute atomic E-state index is 0.618. The molecule has 0 aliphatic heterocycles. The number of nitrogens with two attached hydrogens (primary N) is 1. The number of carbonyl (C=O) groups excluding carboxylic acids is 2. The summed E-state index contributed by atoms with van der Waals surface area (Å²) in [6.45, 7) is 1.42. The van der Waals surface area contributed by atoms with Crippen LogP contribution < -0.4 is 5.73 Å². The minimum Gasteiger partial charge on any atom is -0.449 e. The maximum Gasteiger partial charge on any atom is 0.331 e. The second kappa shape index (κ2) is 8.54. The number of halogens is 1. The number of ether oxygens (including phenoxy) is 1. The van der Waals surface area contributed by atoms with E-state index in [0.717, 1.165) is 11.3 Å². The molecule has 2 N–H and O–H groups in total. The predicted octanol–water partition coefficient (Wildman–Crippen LogP) is 3.62. The van der Waals surface area contributed by atoms with E-state index in [2.05, 4.69) is 5.10 Å². The van der Waals surface area contributed by atoms with E-state index in [1.54, 1.807) is 29.1 Å². The van der Waals surface area contributed by atoms with E-state index in [0.29, 0.717) is 16.3 Å². The van der Waals surface area contributed by atoms with Gasteiger partial charge in [-0.15, -0.1) is 0 Å². The van der Waals surface area contributed by atoms with E-state index in [4.69, 9.17) is 22.1 Å². The lowest BCUT2D eigenvalue weighted by atomic mass is 10.1. The van der Waals surface area contributed by atoms with Crippen LogP contribution in [-0.2, 0) is 14.3 Å². The summed E-state index contributed by atoms with van der Waals surface area (Å²) in [7, 11) is 0. The first-order chi connectivity index (χ1) is 13.4. The molecule has 0 radical (unpaired) electrons. The van der Waals surface area contributed by atoms with Gasteiger partial charge in [-0.05, 0) is 37.3 Å². The van der Waals surface area contributed by atoms with E-state index in [-0.39, 0.29) is 0 Å². The maximum atomic E-state index is 11.9. The fourth-order valence-corrected chi connectivity index (χ4v) is 2.61. The Labute approximate surface area is 167 Å². The lowest BCUT2D eigenvalue weighted by molar-refractivity contribution is -0.148. The molecule has 0 aliphatic carbocycles. The third-order valence-electron chi connectivity index (χ3n) is 3.97. The van der Waals surface area contributed by atoms with Crippen LogP contribution >= 0.6 is 11.6 Å². The third kappa shape index (κ3) is 4.66. The van der Waals surface area contributed by atoms with Crippen LogP contribution in [0, 0.1) is 0 Å². The summed E-state index contributed by atoms with van der Waals surface area (Å²) in [4.78, 5) is 23.0. The van der Waals surface area contributed by atoms with E-state index < -0.39 is 18.0 Å². The van der Waals surface area contributed by atoms with Gasteiger partial charge in [-0.3, -0.25) is 4.79 Å². The normalized spacial score (nSPS) is 12.1. The van der Waals surface area contributed by atoms with Gasteiger partial charge in [0.15, 0.2) is 6.10 Å². The third-order valence-corrected chi connectivity index (χ3v) is 4.23. The zero-order valence-electron chi connectivity index (χ0n) is 15.1. The first kappa shape index (κ1) is 19.4. The van der Waals surface area contributed by atoms with E-state index in [1.807, 2.05) is 42.5 Å².